The molecule has 0 saturated carbocycles. The first-order valence-electron chi connectivity index (χ1n) is 6.51. The summed E-state index contributed by atoms with van der Waals surface area (Å²) in [5, 5.41) is 26.1. The van der Waals surface area contributed by atoms with Crippen molar-refractivity contribution < 1.29 is 9.84 Å². The second-order valence-electron chi connectivity index (χ2n) is 4.29. The van der Waals surface area contributed by atoms with Gasteiger partial charge in [0.2, 0.25) is 0 Å². The van der Waals surface area contributed by atoms with Crippen LogP contribution in [-0.4, -0.2) is 40.9 Å². The third-order valence-corrected chi connectivity index (χ3v) is 2.76. The van der Waals surface area contributed by atoms with Gasteiger partial charge in [-0.25, -0.2) is 4.63 Å². The molecule has 0 amide bonds. The first kappa shape index (κ1) is 15.9. The van der Waals surface area contributed by atoms with Gasteiger partial charge >= 0.3 is 0 Å². The van der Waals surface area contributed by atoms with E-state index >= 15 is 0 Å². The van der Waals surface area contributed by atoms with Crippen molar-refractivity contribution >= 4 is 5.71 Å². The number of aryl methyl sites for hydroxylation is 1. The van der Waals surface area contributed by atoms with Crippen molar-refractivity contribution in [1.29, 1.82) is 0 Å². The lowest BCUT2D eigenvalue weighted by molar-refractivity contribution is 0.301. The van der Waals surface area contributed by atoms with Crippen LogP contribution in [0.3, 0.4) is 0 Å². The predicted molar refractivity (Wildman–Crippen MR) is 72.7 cm³/mol. The fourth-order valence-corrected chi connectivity index (χ4v) is 1.70. The number of azide groups is 1. The molecule has 0 radical (unpaired) electrons. The SMILES string of the molecule is Cc1nonc1/C(CNCCCCCCN=[N+]=[N-])=N\O. The summed E-state index contributed by atoms with van der Waals surface area (Å²) in [7, 11) is 0. The quantitative estimate of drug-likeness (QED) is 0.129. The summed E-state index contributed by atoms with van der Waals surface area (Å²) in [6.45, 7) is 3.51. The molecule has 0 aliphatic heterocycles. The highest BCUT2D eigenvalue weighted by Gasteiger charge is 2.12. The molecule has 0 saturated heterocycles. The lowest BCUT2D eigenvalue weighted by Gasteiger charge is -2.04. The second kappa shape index (κ2) is 9.76. The number of aromatic nitrogens is 2. The number of unbranched alkanes of at least 4 members (excludes halogenated alkanes) is 3. The Balaban J connectivity index is 2.11. The molecule has 1 aromatic rings. The fraction of sp³-hybridized carbons (Fsp3) is 0.727. The van der Waals surface area contributed by atoms with Gasteiger partial charge in [-0.1, -0.05) is 28.3 Å². The average molecular weight is 281 g/mol. The monoisotopic (exact) mass is 281 g/mol. The van der Waals surface area contributed by atoms with Crippen LogP contribution in [0.4, 0.5) is 0 Å². The Hall–Kier alpha value is -2.12. The number of rotatable bonds is 10. The third-order valence-electron chi connectivity index (χ3n) is 2.76. The van der Waals surface area contributed by atoms with Gasteiger partial charge in [-0.15, -0.1) is 0 Å². The zero-order valence-corrected chi connectivity index (χ0v) is 11.5. The normalized spacial score (nSPS) is 11.3. The summed E-state index contributed by atoms with van der Waals surface area (Å²) in [5.41, 5.74) is 9.58. The van der Waals surface area contributed by atoms with Crippen molar-refractivity contribution in [3.8, 4) is 0 Å². The highest BCUT2D eigenvalue weighted by atomic mass is 16.6. The Morgan fingerprint density at radius 3 is 2.80 bits per heavy atom. The summed E-state index contributed by atoms with van der Waals surface area (Å²) in [4.78, 5) is 2.70. The summed E-state index contributed by atoms with van der Waals surface area (Å²) < 4.78 is 4.57. The van der Waals surface area contributed by atoms with Gasteiger partial charge in [-0.2, -0.15) is 0 Å². The number of oxime groups is 1. The van der Waals surface area contributed by atoms with Crippen molar-refractivity contribution in [2.75, 3.05) is 19.6 Å². The lowest BCUT2D eigenvalue weighted by Crippen LogP contribution is -2.25. The fourth-order valence-electron chi connectivity index (χ4n) is 1.70. The van der Waals surface area contributed by atoms with Gasteiger partial charge in [-0.3, -0.25) is 0 Å². The lowest BCUT2D eigenvalue weighted by atomic mass is 10.2. The van der Waals surface area contributed by atoms with E-state index in [1.165, 1.54) is 0 Å². The van der Waals surface area contributed by atoms with Crippen LogP contribution >= 0.6 is 0 Å². The second-order valence-corrected chi connectivity index (χ2v) is 4.29. The molecule has 0 unspecified atom stereocenters. The Morgan fingerprint density at radius 2 is 2.15 bits per heavy atom. The summed E-state index contributed by atoms with van der Waals surface area (Å²) >= 11 is 0. The zero-order valence-electron chi connectivity index (χ0n) is 11.5. The minimum atomic E-state index is 0.407. The third kappa shape index (κ3) is 5.68. The molecular weight excluding hydrogens is 262 g/mol. The van der Waals surface area contributed by atoms with Crippen molar-refractivity contribution in [2.24, 2.45) is 10.3 Å². The Morgan fingerprint density at radius 1 is 1.35 bits per heavy atom. The van der Waals surface area contributed by atoms with Gasteiger partial charge in [0.1, 0.15) is 11.4 Å². The van der Waals surface area contributed by atoms with Crippen LogP contribution in [0.1, 0.15) is 37.1 Å². The zero-order chi connectivity index (χ0) is 14.6. The van der Waals surface area contributed by atoms with Crippen LogP contribution < -0.4 is 5.32 Å². The molecule has 20 heavy (non-hydrogen) atoms. The van der Waals surface area contributed by atoms with Crippen LogP contribution in [0.25, 0.3) is 10.4 Å². The summed E-state index contributed by atoms with van der Waals surface area (Å²) in [6.07, 6.45) is 4.01. The minimum Gasteiger partial charge on any atom is -0.411 e. The molecule has 0 aliphatic rings. The molecule has 1 aromatic heterocycles. The average Bonchev–Trinajstić information content (AvgIpc) is 2.87. The molecule has 1 rings (SSSR count). The molecule has 0 aliphatic carbocycles. The highest BCUT2D eigenvalue weighted by Crippen LogP contribution is 2.03. The van der Waals surface area contributed by atoms with Crippen LogP contribution in [0.15, 0.2) is 14.9 Å². The standard InChI is InChI=1S/C11H19N7O2/c1-9-11(17-20-16-9)10(15-19)8-13-6-4-2-3-5-7-14-18-12/h13,19H,2-8H2,1H3/b15-10-. The van der Waals surface area contributed by atoms with Gasteiger partial charge in [-0.05, 0) is 37.0 Å². The maximum atomic E-state index is 8.94. The Bertz CT molecular complexity index is 465. The van der Waals surface area contributed by atoms with E-state index in [9.17, 15) is 0 Å². The van der Waals surface area contributed by atoms with Crippen molar-refractivity contribution in [3.05, 3.63) is 21.8 Å². The number of hydrogen-bond donors (Lipinski definition) is 2. The van der Waals surface area contributed by atoms with E-state index in [0.717, 1.165) is 32.2 Å². The predicted octanol–water partition coefficient (Wildman–Crippen LogP) is 2.02. The largest absolute Gasteiger partial charge is 0.411 e. The van der Waals surface area contributed by atoms with E-state index < -0.39 is 0 Å². The van der Waals surface area contributed by atoms with Crippen molar-refractivity contribution in [3.63, 3.8) is 0 Å². The van der Waals surface area contributed by atoms with E-state index in [2.05, 4.69) is 35.4 Å². The number of nitrogens with one attached hydrogen (secondary N) is 1. The molecule has 0 spiro atoms. The summed E-state index contributed by atoms with van der Waals surface area (Å²) in [6, 6.07) is 0. The first-order valence-corrected chi connectivity index (χ1v) is 6.51. The first-order chi connectivity index (χ1) is 9.79. The number of nitrogens with zero attached hydrogens (tertiary/aromatic N) is 6. The van der Waals surface area contributed by atoms with Crippen LogP contribution in [0.2, 0.25) is 0 Å². The van der Waals surface area contributed by atoms with Gasteiger partial charge in [0.25, 0.3) is 0 Å². The van der Waals surface area contributed by atoms with E-state index in [1.54, 1.807) is 6.92 Å². The van der Waals surface area contributed by atoms with Crippen molar-refractivity contribution in [1.82, 2.24) is 15.6 Å². The maximum absolute atomic E-state index is 8.94. The van der Waals surface area contributed by atoms with Gasteiger partial charge in [0.05, 0.1) is 0 Å². The molecule has 0 fully saturated rings. The van der Waals surface area contributed by atoms with E-state index in [4.69, 9.17) is 10.7 Å². The molecule has 2 N–H and O–H groups in total. The smallest absolute Gasteiger partial charge is 0.156 e. The maximum Gasteiger partial charge on any atom is 0.156 e. The molecule has 9 heteroatoms. The topological polar surface area (TPSA) is 132 Å². The van der Waals surface area contributed by atoms with E-state index in [1.807, 2.05) is 0 Å². The molecule has 1 heterocycles. The van der Waals surface area contributed by atoms with Gasteiger partial charge in [0.15, 0.2) is 5.69 Å². The van der Waals surface area contributed by atoms with E-state index in [0.29, 0.717) is 30.2 Å². The summed E-state index contributed by atoms with van der Waals surface area (Å²) in [5.74, 6) is 0. The highest BCUT2D eigenvalue weighted by molar-refractivity contribution is 6.00. The molecule has 110 valence electrons. The van der Waals surface area contributed by atoms with Crippen LogP contribution in [0, 0.1) is 6.92 Å². The number of hydrogen-bond acceptors (Lipinski definition) is 7. The van der Waals surface area contributed by atoms with Crippen molar-refractivity contribution in [2.45, 2.75) is 32.6 Å². The van der Waals surface area contributed by atoms with Gasteiger partial charge < -0.3 is 10.5 Å². The molecule has 0 bridgehead atoms. The molecule has 9 nitrogen and oxygen atoms in total. The van der Waals surface area contributed by atoms with Crippen LogP contribution in [-0.2, 0) is 0 Å². The molecule has 0 atom stereocenters. The molecule has 0 aromatic carbocycles. The minimum absolute atomic E-state index is 0.407. The van der Waals surface area contributed by atoms with Crippen LogP contribution in [0.5, 0.6) is 0 Å². The molecular formula is C11H19N7O2. The Kier molecular flexibility index (Phi) is 7.78. The van der Waals surface area contributed by atoms with E-state index in [-0.39, 0.29) is 0 Å². The Labute approximate surface area is 116 Å². The van der Waals surface area contributed by atoms with Gasteiger partial charge in [0, 0.05) is 18.0 Å².